The third kappa shape index (κ3) is 3.69. The van der Waals surface area contributed by atoms with Crippen LogP contribution in [0.5, 0.6) is 0 Å². The molecule has 0 aliphatic heterocycles. The van der Waals surface area contributed by atoms with Crippen molar-refractivity contribution in [2.75, 3.05) is 0 Å². The first-order chi connectivity index (χ1) is 11.5. The van der Waals surface area contributed by atoms with E-state index in [4.69, 9.17) is 23.2 Å². The predicted molar refractivity (Wildman–Crippen MR) is 95.7 cm³/mol. The number of aromatic nitrogens is 2. The Labute approximate surface area is 151 Å². The van der Waals surface area contributed by atoms with E-state index in [1.165, 1.54) is 5.56 Å². The smallest absolute Gasteiger partial charge is 0.253 e. The van der Waals surface area contributed by atoms with Gasteiger partial charge in [-0.15, -0.1) is 0 Å². The molecule has 1 aromatic heterocycles. The Bertz CT molecular complexity index is 872. The molecule has 3 aromatic rings. The molecule has 0 fully saturated rings. The summed E-state index contributed by atoms with van der Waals surface area (Å²) in [6, 6.07) is 15.2. The van der Waals surface area contributed by atoms with Crippen LogP contribution in [0.3, 0.4) is 0 Å². The Hall–Kier alpha value is -2.10. The van der Waals surface area contributed by atoms with Crippen molar-refractivity contribution in [3.05, 3.63) is 87.9 Å². The standard InChI is InChI=1S/C19H17Cl2N2O/c1-14-22(12-15-5-3-2-4-6-15)9-10-23(14)13-19(24)16-7-8-17(20)18(21)11-16/h2-11H,12-13H2,1H3/q+1. The van der Waals surface area contributed by atoms with Gasteiger partial charge in [-0.25, -0.2) is 9.13 Å². The Balaban J connectivity index is 1.76. The van der Waals surface area contributed by atoms with Crippen molar-refractivity contribution in [2.24, 2.45) is 0 Å². The Morgan fingerprint density at radius 3 is 2.54 bits per heavy atom. The summed E-state index contributed by atoms with van der Waals surface area (Å²) in [5.41, 5.74) is 1.78. The first kappa shape index (κ1) is 16.7. The highest BCUT2D eigenvalue weighted by Crippen LogP contribution is 2.23. The summed E-state index contributed by atoms with van der Waals surface area (Å²) in [5.74, 6) is 1.02. The monoisotopic (exact) mass is 359 g/mol. The van der Waals surface area contributed by atoms with E-state index in [-0.39, 0.29) is 12.3 Å². The summed E-state index contributed by atoms with van der Waals surface area (Å²) < 4.78 is 4.06. The molecule has 0 saturated heterocycles. The number of Topliss-reactive ketones (excluding diaryl/α,β-unsaturated/α-hetero) is 1. The summed E-state index contributed by atoms with van der Waals surface area (Å²) in [7, 11) is 0. The molecule has 3 rings (SSSR count). The number of halogens is 2. The largest absolute Gasteiger partial charge is 0.290 e. The Morgan fingerprint density at radius 2 is 1.83 bits per heavy atom. The second-order valence-corrected chi connectivity index (χ2v) is 6.45. The van der Waals surface area contributed by atoms with Gasteiger partial charge in [-0.2, -0.15) is 0 Å². The number of carbonyl (C=O) groups is 1. The highest BCUT2D eigenvalue weighted by atomic mass is 35.5. The van der Waals surface area contributed by atoms with E-state index < -0.39 is 0 Å². The number of benzene rings is 2. The number of nitrogens with zero attached hydrogens (tertiary/aromatic N) is 2. The lowest BCUT2D eigenvalue weighted by molar-refractivity contribution is -0.693. The van der Waals surface area contributed by atoms with Crippen molar-refractivity contribution in [3.63, 3.8) is 0 Å². The highest BCUT2D eigenvalue weighted by molar-refractivity contribution is 6.42. The summed E-state index contributed by atoms with van der Waals surface area (Å²) in [6.07, 6.45) is 3.91. The van der Waals surface area contributed by atoms with Crippen LogP contribution in [0.15, 0.2) is 60.9 Å². The minimum Gasteiger partial charge on any atom is -0.290 e. The zero-order valence-electron chi connectivity index (χ0n) is 13.2. The molecule has 0 N–H and O–H groups in total. The minimum atomic E-state index is -0.000808. The first-order valence-electron chi connectivity index (χ1n) is 7.62. The SMILES string of the molecule is Cc1n(CC(=O)c2ccc(Cl)c(Cl)c2)cc[n+]1Cc1ccccc1. The first-order valence-corrected chi connectivity index (χ1v) is 8.37. The molecule has 0 amide bonds. The number of hydrogen-bond donors (Lipinski definition) is 0. The zero-order valence-corrected chi connectivity index (χ0v) is 14.8. The van der Waals surface area contributed by atoms with Crippen molar-refractivity contribution < 1.29 is 9.36 Å². The van der Waals surface area contributed by atoms with Gasteiger partial charge in [0.2, 0.25) is 5.78 Å². The molecule has 0 radical (unpaired) electrons. The molecule has 0 atom stereocenters. The minimum absolute atomic E-state index is 0.000808. The number of ketones is 1. The van der Waals surface area contributed by atoms with Gasteiger partial charge < -0.3 is 0 Å². The lowest BCUT2D eigenvalue weighted by atomic mass is 10.1. The molecule has 0 spiro atoms. The maximum atomic E-state index is 12.5. The van der Waals surface area contributed by atoms with Gasteiger partial charge in [0.15, 0.2) is 6.54 Å². The van der Waals surface area contributed by atoms with E-state index in [0.717, 1.165) is 12.4 Å². The van der Waals surface area contributed by atoms with E-state index >= 15 is 0 Å². The average Bonchev–Trinajstić information content (AvgIpc) is 2.91. The normalized spacial score (nSPS) is 10.8. The summed E-state index contributed by atoms with van der Waals surface area (Å²) >= 11 is 11.9. The maximum Gasteiger partial charge on any atom is 0.253 e. The van der Waals surface area contributed by atoms with E-state index in [2.05, 4.69) is 16.7 Å². The van der Waals surface area contributed by atoms with Crippen LogP contribution in [0.4, 0.5) is 0 Å². The lowest BCUT2D eigenvalue weighted by Gasteiger charge is -2.03. The van der Waals surface area contributed by atoms with Crippen LogP contribution in [-0.2, 0) is 13.1 Å². The fourth-order valence-corrected chi connectivity index (χ4v) is 2.87. The number of rotatable bonds is 5. The molecule has 2 aromatic carbocycles. The fraction of sp³-hybridized carbons (Fsp3) is 0.158. The molecule has 0 saturated carbocycles. The molecule has 0 bridgehead atoms. The van der Waals surface area contributed by atoms with Crippen LogP contribution in [0.2, 0.25) is 10.0 Å². The molecule has 3 nitrogen and oxygen atoms in total. The van der Waals surface area contributed by atoms with Gasteiger partial charge in [-0.05, 0) is 23.8 Å². The van der Waals surface area contributed by atoms with E-state index in [1.54, 1.807) is 18.2 Å². The zero-order chi connectivity index (χ0) is 17.1. The Morgan fingerprint density at radius 1 is 1.08 bits per heavy atom. The van der Waals surface area contributed by atoms with Gasteiger partial charge in [-0.1, -0.05) is 53.5 Å². The van der Waals surface area contributed by atoms with Gasteiger partial charge in [0, 0.05) is 12.5 Å². The van der Waals surface area contributed by atoms with Crippen molar-refractivity contribution in [2.45, 2.75) is 20.0 Å². The van der Waals surface area contributed by atoms with Gasteiger partial charge in [-0.3, -0.25) is 4.79 Å². The predicted octanol–water partition coefficient (Wildman–Crippen LogP) is 4.32. The van der Waals surface area contributed by atoms with Crippen LogP contribution < -0.4 is 4.57 Å². The third-order valence-corrected chi connectivity index (χ3v) is 4.75. The number of carbonyl (C=O) groups excluding carboxylic acids is 1. The van der Waals surface area contributed by atoms with Gasteiger partial charge in [0.05, 0.1) is 10.0 Å². The molecule has 5 heteroatoms. The van der Waals surface area contributed by atoms with Crippen molar-refractivity contribution >= 4 is 29.0 Å². The average molecular weight is 360 g/mol. The summed E-state index contributed by atoms with van der Waals surface area (Å²) in [4.78, 5) is 12.5. The Kier molecular flexibility index (Phi) is 5.03. The van der Waals surface area contributed by atoms with E-state index in [0.29, 0.717) is 15.6 Å². The maximum absolute atomic E-state index is 12.5. The van der Waals surface area contributed by atoms with Crippen molar-refractivity contribution in [1.29, 1.82) is 0 Å². The summed E-state index contributed by atoms with van der Waals surface area (Å²) in [5, 5.41) is 0.844. The highest BCUT2D eigenvalue weighted by Gasteiger charge is 2.17. The molecule has 0 aliphatic carbocycles. The van der Waals surface area contributed by atoms with E-state index in [1.807, 2.05) is 42.1 Å². The quantitative estimate of drug-likeness (QED) is 0.492. The molecular weight excluding hydrogens is 343 g/mol. The third-order valence-electron chi connectivity index (χ3n) is 4.01. The number of hydrogen-bond acceptors (Lipinski definition) is 1. The van der Waals surface area contributed by atoms with Crippen LogP contribution in [-0.4, -0.2) is 10.4 Å². The number of imidazole rings is 1. The topological polar surface area (TPSA) is 25.9 Å². The fourth-order valence-electron chi connectivity index (χ4n) is 2.57. The lowest BCUT2D eigenvalue weighted by Crippen LogP contribution is -2.36. The van der Waals surface area contributed by atoms with Gasteiger partial charge in [0.1, 0.15) is 18.9 Å². The molecular formula is C19H17Cl2N2O+. The van der Waals surface area contributed by atoms with E-state index in [9.17, 15) is 4.79 Å². The van der Waals surface area contributed by atoms with Gasteiger partial charge >= 0.3 is 0 Å². The van der Waals surface area contributed by atoms with Crippen LogP contribution in [0, 0.1) is 6.92 Å². The second-order valence-electron chi connectivity index (χ2n) is 5.64. The molecule has 122 valence electrons. The van der Waals surface area contributed by atoms with Crippen molar-refractivity contribution in [1.82, 2.24) is 4.57 Å². The molecule has 1 heterocycles. The van der Waals surface area contributed by atoms with Crippen LogP contribution in [0.25, 0.3) is 0 Å². The van der Waals surface area contributed by atoms with Gasteiger partial charge in [0.25, 0.3) is 5.82 Å². The van der Waals surface area contributed by atoms with Crippen LogP contribution >= 0.6 is 23.2 Å². The second kappa shape index (κ2) is 7.20. The molecule has 0 aliphatic rings. The van der Waals surface area contributed by atoms with Crippen LogP contribution in [0.1, 0.15) is 21.7 Å². The summed E-state index contributed by atoms with van der Waals surface area (Å²) in [6.45, 7) is 3.05. The molecule has 0 unspecified atom stereocenters. The molecule has 24 heavy (non-hydrogen) atoms. The van der Waals surface area contributed by atoms with Crippen molar-refractivity contribution in [3.8, 4) is 0 Å².